The Bertz CT molecular complexity index is 623. The molecule has 1 aliphatic rings. The van der Waals surface area contributed by atoms with Crippen LogP contribution in [0.5, 0.6) is 0 Å². The van der Waals surface area contributed by atoms with Gasteiger partial charge in [-0.1, -0.05) is 46.6 Å². The van der Waals surface area contributed by atoms with Gasteiger partial charge in [-0.3, -0.25) is 5.84 Å². The second-order valence-corrected chi connectivity index (χ2v) is 6.41. The van der Waals surface area contributed by atoms with Crippen molar-refractivity contribution >= 4 is 15.9 Å². The summed E-state index contributed by atoms with van der Waals surface area (Å²) in [6, 6.07) is 12.9. The smallest absolute Gasteiger partial charge is 0.123 e. The highest BCUT2D eigenvalue weighted by Crippen LogP contribution is 2.37. The molecule has 0 bridgehead atoms. The van der Waals surface area contributed by atoms with Gasteiger partial charge in [0.25, 0.3) is 0 Å². The SMILES string of the molecule is NNC(c1ccc(C2CCC2)cc1)c1cc(F)ccc1Br. The van der Waals surface area contributed by atoms with Gasteiger partial charge in [0, 0.05) is 4.47 Å². The van der Waals surface area contributed by atoms with Gasteiger partial charge in [-0.15, -0.1) is 0 Å². The van der Waals surface area contributed by atoms with Crippen molar-refractivity contribution in [1.82, 2.24) is 5.43 Å². The van der Waals surface area contributed by atoms with Crippen molar-refractivity contribution in [1.29, 1.82) is 0 Å². The van der Waals surface area contributed by atoms with E-state index in [2.05, 4.69) is 45.6 Å². The third-order valence-corrected chi connectivity index (χ3v) is 5.00. The predicted molar refractivity (Wildman–Crippen MR) is 86.3 cm³/mol. The molecule has 21 heavy (non-hydrogen) atoms. The van der Waals surface area contributed by atoms with E-state index in [1.54, 1.807) is 6.07 Å². The molecule has 2 aromatic rings. The van der Waals surface area contributed by atoms with Crippen LogP contribution in [0.15, 0.2) is 46.9 Å². The van der Waals surface area contributed by atoms with Crippen molar-refractivity contribution in [2.75, 3.05) is 0 Å². The van der Waals surface area contributed by atoms with Crippen LogP contribution in [0.2, 0.25) is 0 Å². The van der Waals surface area contributed by atoms with Crippen molar-refractivity contribution in [2.24, 2.45) is 5.84 Å². The zero-order chi connectivity index (χ0) is 14.8. The van der Waals surface area contributed by atoms with Crippen LogP contribution in [0.1, 0.15) is 47.9 Å². The molecule has 1 unspecified atom stereocenters. The third kappa shape index (κ3) is 3.03. The molecule has 1 saturated carbocycles. The zero-order valence-corrected chi connectivity index (χ0v) is 13.2. The van der Waals surface area contributed by atoms with Crippen molar-refractivity contribution < 1.29 is 4.39 Å². The number of hydrogen-bond donors (Lipinski definition) is 2. The largest absolute Gasteiger partial charge is 0.271 e. The Kier molecular flexibility index (Phi) is 4.38. The minimum atomic E-state index is -0.264. The monoisotopic (exact) mass is 348 g/mol. The van der Waals surface area contributed by atoms with Gasteiger partial charge in [0.1, 0.15) is 5.82 Å². The second kappa shape index (κ2) is 6.26. The first-order chi connectivity index (χ1) is 10.2. The number of hydrazine groups is 1. The lowest BCUT2D eigenvalue weighted by Crippen LogP contribution is -2.29. The molecule has 3 rings (SSSR count). The molecule has 4 heteroatoms. The van der Waals surface area contributed by atoms with E-state index in [0.29, 0.717) is 5.92 Å². The van der Waals surface area contributed by atoms with Gasteiger partial charge in [-0.05, 0) is 53.6 Å². The molecule has 2 nitrogen and oxygen atoms in total. The Labute approximate surface area is 132 Å². The fraction of sp³-hybridized carbons (Fsp3) is 0.294. The molecule has 3 N–H and O–H groups in total. The molecule has 0 amide bonds. The summed E-state index contributed by atoms with van der Waals surface area (Å²) in [6.07, 6.45) is 3.90. The summed E-state index contributed by atoms with van der Waals surface area (Å²) in [5.74, 6) is 6.15. The number of benzene rings is 2. The van der Waals surface area contributed by atoms with Crippen LogP contribution in [0.25, 0.3) is 0 Å². The Morgan fingerprint density at radius 1 is 1.14 bits per heavy atom. The van der Waals surface area contributed by atoms with Crippen molar-refractivity contribution in [2.45, 2.75) is 31.2 Å². The predicted octanol–water partition coefficient (Wildman–Crippen LogP) is 4.41. The van der Waals surface area contributed by atoms with Crippen molar-refractivity contribution in [3.05, 3.63) is 69.4 Å². The molecule has 1 atom stereocenters. The highest BCUT2D eigenvalue weighted by Gasteiger charge is 2.20. The molecule has 0 spiro atoms. The lowest BCUT2D eigenvalue weighted by Gasteiger charge is -2.26. The summed E-state index contributed by atoms with van der Waals surface area (Å²) in [6.45, 7) is 0. The van der Waals surface area contributed by atoms with Crippen LogP contribution in [-0.4, -0.2) is 0 Å². The van der Waals surface area contributed by atoms with Gasteiger partial charge in [-0.25, -0.2) is 9.82 Å². The average molecular weight is 349 g/mol. The minimum absolute atomic E-state index is 0.231. The van der Waals surface area contributed by atoms with E-state index in [1.807, 2.05) is 0 Å². The first-order valence-corrected chi connectivity index (χ1v) is 7.99. The van der Waals surface area contributed by atoms with Gasteiger partial charge in [0.05, 0.1) is 6.04 Å². The Morgan fingerprint density at radius 3 is 2.43 bits per heavy atom. The van der Waals surface area contributed by atoms with Crippen LogP contribution in [-0.2, 0) is 0 Å². The maximum atomic E-state index is 13.5. The van der Waals surface area contributed by atoms with Gasteiger partial charge >= 0.3 is 0 Å². The zero-order valence-electron chi connectivity index (χ0n) is 11.7. The second-order valence-electron chi connectivity index (χ2n) is 5.56. The number of halogens is 2. The summed E-state index contributed by atoms with van der Waals surface area (Å²) in [7, 11) is 0. The highest BCUT2D eigenvalue weighted by atomic mass is 79.9. The molecule has 110 valence electrons. The summed E-state index contributed by atoms with van der Waals surface area (Å²) in [5.41, 5.74) is 6.00. The third-order valence-electron chi connectivity index (χ3n) is 4.28. The molecule has 2 aromatic carbocycles. The van der Waals surface area contributed by atoms with Gasteiger partial charge in [0.2, 0.25) is 0 Å². The van der Waals surface area contributed by atoms with E-state index >= 15 is 0 Å². The van der Waals surface area contributed by atoms with E-state index in [0.717, 1.165) is 15.6 Å². The van der Waals surface area contributed by atoms with Crippen LogP contribution < -0.4 is 11.3 Å². The van der Waals surface area contributed by atoms with Crippen LogP contribution in [0.4, 0.5) is 4.39 Å². The van der Waals surface area contributed by atoms with Gasteiger partial charge in [0.15, 0.2) is 0 Å². The number of rotatable bonds is 4. The quantitative estimate of drug-likeness (QED) is 0.634. The molecule has 1 aliphatic carbocycles. The van der Waals surface area contributed by atoms with Gasteiger partial charge < -0.3 is 0 Å². The minimum Gasteiger partial charge on any atom is -0.271 e. The summed E-state index contributed by atoms with van der Waals surface area (Å²) >= 11 is 3.46. The van der Waals surface area contributed by atoms with E-state index in [1.165, 1.54) is 37.0 Å². The van der Waals surface area contributed by atoms with E-state index in [9.17, 15) is 4.39 Å². The van der Waals surface area contributed by atoms with Crippen molar-refractivity contribution in [3.8, 4) is 0 Å². The summed E-state index contributed by atoms with van der Waals surface area (Å²) in [5, 5.41) is 0. The molecular formula is C17H18BrFN2. The molecule has 0 heterocycles. The Balaban J connectivity index is 1.90. The number of hydrogen-bond acceptors (Lipinski definition) is 2. The first kappa shape index (κ1) is 14.7. The topological polar surface area (TPSA) is 38.0 Å². The summed E-state index contributed by atoms with van der Waals surface area (Å²) in [4.78, 5) is 0. The molecule has 0 saturated heterocycles. The molecule has 0 aromatic heterocycles. The van der Waals surface area contributed by atoms with Crippen LogP contribution in [0.3, 0.4) is 0 Å². The standard InChI is InChI=1S/C17H18BrFN2/c18-16-9-8-14(19)10-15(16)17(21-20)13-6-4-12(5-7-13)11-2-1-3-11/h4-11,17,21H,1-3,20H2. The average Bonchev–Trinajstić information content (AvgIpc) is 2.43. The molecule has 0 aliphatic heterocycles. The number of nitrogens with two attached hydrogens (primary N) is 1. The fourth-order valence-electron chi connectivity index (χ4n) is 2.80. The fourth-order valence-corrected chi connectivity index (χ4v) is 3.28. The lowest BCUT2D eigenvalue weighted by atomic mass is 9.79. The molecule has 1 fully saturated rings. The Hall–Kier alpha value is -1.23. The van der Waals surface area contributed by atoms with Crippen molar-refractivity contribution in [3.63, 3.8) is 0 Å². The maximum absolute atomic E-state index is 13.5. The maximum Gasteiger partial charge on any atom is 0.123 e. The van der Waals surface area contributed by atoms with Crippen LogP contribution >= 0.6 is 15.9 Å². The normalized spacial score (nSPS) is 16.5. The molecular weight excluding hydrogens is 331 g/mol. The van der Waals surface area contributed by atoms with Crippen LogP contribution in [0, 0.1) is 5.82 Å². The lowest BCUT2D eigenvalue weighted by molar-refractivity contribution is 0.419. The van der Waals surface area contributed by atoms with E-state index in [4.69, 9.17) is 5.84 Å². The van der Waals surface area contributed by atoms with E-state index < -0.39 is 0 Å². The number of nitrogens with one attached hydrogen (secondary N) is 1. The molecule has 0 radical (unpaired) electrons. The van der Waals surface area contributed by atoms with E-state index in [-0.39, 0.29) is 11.9 Å². The van der Waals surface area contributed by atoms with Gasteiger partial charge in [-0.2, -0.15) is 0 Å². The highest BCUT2D eigenvalue weighted by molar-refractivity contribution is 9.10. The Morgan fingerprint density at radius 2 is 1.86 bits per heavy atom. The first-order valence-electron chi connectivity index (χ1n) is 7.20. The summed E-state index contributed by atoms with van der Waals surface area (Å²) < 4.78 is 14.3.